The van der Waals surface area contributed by atoms with Gasteiger partial charge in [-0.25, -0.2) is 4.68 Å². The number of alkyl halides is 3. The van der Waals surface area contributed by atoms with E-state index in [1.807, 2.05) is 0 Å². The van der Waals surface area contributed by atoms with Crippen molar-refractivity contribution in [3.05, 3.63) is 40.7 Å². The number of aromatic nitrogens is 3. The molecule has 0 fully saturated rings. The number of carbonyl (C=O) groups excluding carboxylic acids is 1. The summed E-state index contributed by atoms with van der Waals surface area (Å²) in [4.78, 5) is 10.7. The number of nitrogens with zero attached hydrogens (tertiary/aromatic N) is 3. The van der Waals surface area contributed by atoms with Gasteiger partial charge in [0.05, 0.1) is 22.5 Å². The Bertz CT molecular complexity index is 594. The fraction of sp³-hybridized carbons (Fsp3) is 0.100. The van der Waals surface area contributed by atoms with Crippen LogP contribution in [0.4, 0.5) is 13.2 Å². The van der Waals surface area contributed by atoms with Crippen LogP contribution in [0.2, 0.25) is 5.02 Å². The van der Waals surface area contributed by atoms with Crippen molar-refractivity contribution in [2.24, 2.45) is 0 Å². The summed E-state index contributed by atoms with van der Waals surface area (Å²) in [7, 11) is 0. The second-order valence-electron chi connectivity index (χ2n) is 3.35. The highest BCUT2D eigenvalue weighted by Gasteiger charge is 2.33. The molecule has 2 rings (SSSR count). The van der Waals surface area contributed by atoms with E-state index in [-0.39, 0.29) is 11.4 Å². The molecule has 8 heteroatoms. The van der Waals surface area contributed by atoms with Gasteiger partial charge in [0, 0.05) is 0 Å². The quantitative estimate of drug-likeness (QED) is 0.792. The lowest BCUT2D eigenvalue weighted by Gasteiger charge is -2.11. The third kappa shape index (κ3) is 2.21. The minimum Gasteiger partial charge on any atom is -0.296 e. The predicted molar refractivity (Wildman–Crippen MR) is 56.8 cm³/mol. The maximum absolute atomic E-state index is 12.7. The number of carbonyl (C=O) groups is 1. The summed E-state index contributed by atoms with van der Waals surface area (Å²) < 4.78 is 39.0. The van der Waals surface area contributed by atoms with E-state index >= 15 is 0 Å². The summed E-state index contributed by atoms with van der Waals surface area (Å²) in [6.07, 6.45) is -2.98. The number of benzene rings is 1. The smallest absolute Gasteiger partial charge is 0.296 e. The molecule has 0 saturated carbocycles. The van der Waals surface area contributed by atoms with Gasteiger partial charge in [-0.05, 0) is 18.2 Å². The predicted octanol–water partition coefficient (Wildman–Crippen LogP) is 2.75. The Morgan fingerprint density at radius 2 is 2.06 bits per heavy atom. The van der Waals surface area contributed by atoms with Crippen molar-refractivity contribution < 1.29 is 18.0 Å². The third-order valence-electron chi connectivity index (χ3n) is 2.20. The first-order valence-corrected chi connectivity index (χ1v) is 5.04. The zero-order valence-electron chi connectivity index (χ0n) is 8.65. The Labute approximate surface area is 104 Å². The van der Waals surface area contributed by atoms with E-state index in [4.69, 9.17) is 11.6 Å². The van der Waals surface area contributed by atoms with Crippen LogP contribution in [0.5, 0.6) is 0 Å². The highest BCUT2D eigenvalue weighted by Crippen LogP contribution is 2.35. The molecule has 4 nitrogen and oxygen atoms in total. The number of hydrogen-bond acceptors (Lipinski definition) is 3. The van der Waals surface area contributed by atoms with E-state index in [1.54, 1.807) is 0 Å². The third-order valence-corrected chi connectivity index (χ3v) is 2.53. The van der Waals surface area contributed by atoms with Gasteiger partial charge in [0.25, 0.3) is 0 Å². The standard InChI is InChI=1S/C10H5ClF3N3O/c11-9-2-1-6(3-8(9)10(12,13)14)17-7(5-18)4-15-16-17/h1-5H. The second-order valence-corrected chi connectivity index (χ2v) is 3.76. The highest BCUT2D eigenvalue weighted by molar-refractivity contribution is 6.31. The molecule has 1 aromatic heterocycles. The van der Waals surface area contributed by atoms with Crippen molar-refractivity contribution >= 4 is 17.9 Å². The first kappa shape index (κ1) is 12.6. The molecule has 0 bridgehead atoms. The maximum Gasteiger partial charge on any atom is 0.417 e. The molecule has 0 aliphatic rings. The number of hydrogen-bond donors (Lipinski definition) is 0. The Kier molecular flexibility index (Phi) is 3.08. The van der Waals surface area contributed by atoms with Gasteiger partial charge in [0.2, 0.25) is 0 Å². The molecule has 2 aromatic rings. The Hall–Kier alpha value is -1.89. The summed E-state index contributed by atoms with van der Waals surface area (Å²) in [5.74, 6) is 0. The van der Waals surface area contributed by atoms with Crippen LogP contribution in [-0.2, 0) is 6.18 Å². The fourth-order valence-electron chi connectivity index (χ4n) is 1.39. The molecule has 1 heterocycles. The highest BCUT2D eigenvalue weighted by atomic mass is 35.5. The molecule has 0 aliphatic carbocycles. The first-order chi connectivity index (χ1) is 8.43. The van der Waals surface area contributed by atoms with Crippen LogP contribution < -0.4 is 0 Å². The number of rotatable bonds is 2. The molecule has 0 unspecified atom stereocenters. The molecule has 0 N–H and O–H groups in total. The average molecular weight is 276 g/mol. The molecule has 0 amide bonds. The van der Waals surface area contributed by atoms with Crippen LogP contribution >= 0.6 is 11.6 Å². The second kappa shape index (κ2) is 4.41. The van der Waals surface area contributed by atoms with Crippen molar-refractivity contribution in [3.8, 4) is 5.69 Å². The molecule has 0 atom stereocenters. The minimum atomic E-state index is -4.57. The van der Waals surface area contributed by atoms with Crippen LogP contribution in [0.3, 0.4) is 0 Å². The maximum atomic E-state index is 12.7. The summed E-state index contributed by atoms with van der Waals surface area (Å²) in [5, 5.41) is 6.57. The Balaban J connectivity index is 2.58. The SMILES string of the molecule is O=Cc1cnnn1-c1ccc(Cl)c(C(F)(F)F)c1. The fourth-order valence-corrected chi connectivity index (χ4v) is 1.61. The first-order valence-electron chi connectivity index (χ1n) is 4.66. The number of halogens is 4. The molecule has 0 spiro atoms. The lowest BCUT2D eigenvalue weighted by molar-refractivity contribution is -0.137. The van der Waals surface area contributed by atoms with Crippen LogP contribution in [0.1, 0.15) is 16.1 Å². The van der Waals surface area contributed by atoms with Gasteiger partial charge in [-0.1, -0.05) is 16.8 Å². The molecule has 1 aromatic carbocycles. The van der Waals surface area contributed by atoms with Crippen molar-refractivity contribution in [1.29, 1.82) is 0 Å². The summed E-state index contributed by atoms with van der Waals surface area (Å²) in [6, 6.07) is 3.22. The van der Waals surface area contributed by atoms with Crippen molar-refractivity contribution in [2.75, 3.05) is 0 Å². The van der Waals surface area contributed by atoms with Crippen LogP contribution in [0, 0.1) is 0 Å². The monoisotopic (exact) mass is 275 g/mol. The van der Waals surface area contributed by atoms with Crippen LogP contribution in [0.25, 0.3) is 5.69 Å². The zero-order valence-corrected chi connectivity index (χ0v) is 9.40. The zero-order chi connectivity index (χ0) is 13.3. The van der Waals surface area contributed by atoms with Gasteiger partial charge in [0.15, 0.2) is 6.29 Å². The largest absolute Gasteiger partial charge is 0.417 e. The molecular formula is C10H5ClF3N3O. The van der Waals surface area contributed by atoms with Crippen LogP contribution in [0.15, 0.2) is 24.4 Å². The Morgan fingerprint density at radius 1 is 1.33 bits per heavy atom. The van der Waals surface area contributed by atoms with Gasteiger partial charge in [-0.2, -0.15) is 13.2 Å². The van der Waals surface area contributed by atoms with Crippen molar-refractivity contribution in [1.82, 2.24) is 15.0 Å². The van der Waals surface area contributed by atoms with E-state index in [0.717, 1.165) is 23.0 Å². The van der Waals surface area contributed by atoms with Gasteiger partial charge < -0.3 is 0 Å². The van der Waals surface area contributed by atoms with Crippen molar-refractivity contribution in [3.63, 3.8) is 0 Å². The summed E-state index contributed by atoms with van der Waals surface area (Å²) >= 11 is 5.48. The minimum absolute atomic E-state index is 0.0467. The van der Waals surface area contributed by atoms with E-state index in [9.17, 15) is 18.0 Å². The normalized spacial score (nSPS) is 11.6. The average Bonchev–Trinajstić information content (AvgIpc) is 2.76. The molecule has 0 radical (unpaired) electrons. The van der Waals surface area contributed by atoms with E-state index in [2.05, 4.69) is 10.3 Å². The molecule has 0 aliphatic heterocycles. The lowest BCUT2D eigenvalue weighted by atomic mass is 10.2. The van der Waals surface area contributed by atoms with E-state index in [0.29, 0.717) is 6.29 Å². The summed E-state index contributed by atoms with van der Waals surface area (Å²) in [6.45, 7) is 0. The summed E-state index contributed by atoms with van der Waals surface area (Å²) in [5.41, 5.74) is -0.884. The molecule has 0 saturated heterocycles. The van der Waals surface area contributed by atoms with E-state index < -0.39 is 16.8 Å². The van der Waals surface area contributed by atoms with Gasteiger partial charge >= 0.3 is 6.18 Å². The lowest BCUT2D eigenvalue weighted by Crippen LogP contribution is -2.08. The van der Waals surface area contributed by atoms with Crippen molar-refractivity contribution in [2.45, 2.75) is 6.18 Å². The van der Waals surface area contributed by atoms with E-state index in [1.165, 1.54) is 6.07 Å². The molecular weight excluding hydrogens is 271 g/mol. The molecule has 18 heavy (non-hydrogen) atoms. The number of aldehydes is 1. The van der Waals surface area contributed by atoms with Crippen LogP contribution in [-0.4, -0.2) is 21.3 Å². The topological polar surface area (TPSA) is 47.8 Å². The van der Waals surface area contributed by atoms with Gasteiger partial charge in [-0.3, -0.25) is 4.79 Å². The van der Waals surface area contributed by atoms with Gasteiger partial charge in [-0.15, -0.1) is 5.10 Å². The molecule has 94 valence electrons. The van der Waals surface area contributed by atoms with Gasteiger partial charge in [0.1, 0.15) is 5.69 Å². The Morgan fingerprint density at radius 3 is 2.67 bits per heavy atom.